The fourth-order valence-electron chi connectivity index (χ4n) is 3.98. The number of amides is 2. The zero-order valence-corrected chi connectivity index (χ0v) is 21.0. The summed E-state index contributed by atoms with van der Waals surface area (Å²) in [5, 5.41) is 5.36. The predicted octanol–water partition coefficient (Wildman–Crippen LogP) is 5.02. The molecule has 3 rings (SSSR count). The van der Waals surface area contributed by atoms with E-state index in [0.29, 0.717) is 38.0 Å². The summed E-state index contributed by atoms with van der Waals surface area (Å²) in [5.41, 5.74) is -0.535. The van der Waals surface area contributed by atoms with Crippen molar-refractivity contribution < 1.29 is 37.0 Å². The van der Waals surface area contributed by atoms with E-state index in [1.54, 1.807) is 19.1 Å². The molecular formula is C26H28ClF3N2O5. The molecule has 0 unspecified atom stereocenters. The van der Waals surface area contributed by atoms with Crippen molar-refractivity contribution in [3.05, 3.63) is 64.2 Å². The van der Waals surface area contributed by atoms with Gasteiger partial charge < -0.3 is 20.1 Å². The highest BCUT2D eigenvalue weighted by Gasteiger charge is 2.30. The van der Waals surface area contributed by atoms with Crippen molar-refractivity contribution in [3.63, 3.8) is 0 Å². The number of esters is 1. The van der Waals surface area contributed by atoms with Crippen molar-refractivity contribution in [1.82, 2.24) is 10.6 Å². The highest BCUT2D eigenvalue weighted by atomic mass is 35.5. The average Bonchev–Trinajstić information content (AvgIpc) is 2.86. The molecule has 1 saturated carbocycles. The zero-order valence-electron chi connectivity index (χ0n) is 20.2. The minimum atomic E-state index is -4.48. The average molecular weight is 541 g/mol. The van der Waals surface area contributed by atoms with Crippen LogP contribution in [0.25, 0.3) is 0 Å². The molecule has 0 radical (unpaired) electrons. The first-order valence-electron chi connectivity index (χ1n) is 11.9. The molecule has 0 saturated heterocycles. The number of rotatable bonds is 9. The third-order valence-corrected chi connectivity index (χ3v) is 6.27. The van der Waals surface area contributed by atoms with E-state index < -0.39 is 23.6 Å². The minimum absolute atomic E-state index is 0.0605. The second-order valence-electron chi connectivity index (χ2n) is 8.57. The summed E-state index contributed by atoms with van der Waals surface area (Å²) in [7, 11) is 0. The van der Waals surface area contributed by atoms with E-state index in [9.17, 15) is 27.6 Å². The van der Waals surface area contributed by atoms with Gasteiger partial charge in [0.2, 0.25) is 0 Å². The van der Waals surface area contributed by atoms with Crippen LogP contribution in [0.15, 0.2) is 42.5 Å². The van der Waals surface area contributed by atoms with Crippen LogP contribution in [0, 0.1) is 5.92 Å². The monoisotopic (exact) mass is 540 g/mol. The fraction of sp³-hybridized carbons (Fsp3) is 0.423. The van der Waals surface area contributed by atoms with E-state index in [0.717, 1.165) is 24.3 Å². The summed E-state index contributed by atoms with van der Waals surface area (Å²) in [6, 6.07) is 8.59. The van der Waals surface area contributed by atoms with Crippen LogP contribution in [-0.4, -0.2) is 43.6 Å². The molecule has 11 heteroatoms. The van der Waals surface area contributed by atoms with Gasteiger partial charge in [0.15, 0.2) is 0 Å². The number of benzene rings is 2. The van der Waals surface area contributed by atoms with Crippen molar-refractivity contribution in [1.29, 1.82) is 0 Å². The van der Waals surface area contributed by atoms with Crippen LogP contribution in [0.3, 0.4) is 0 Å². The number of alkyl halides is 3. The molecule has 1 fully saturated rings. The van der Waals surface area contributed by atoms with Gasteiger partial charge in [-0.05, 0) is 75.1 Å². The van der Waals surface area contributed by atoms with Gasteiger partial charge in [-0.3, -0.25) is 14.4 Å². The summed E-state index contributed by atoms with van der Waals surface area (Å²) >= 11 is 6.28. The van der Waals surface area contributed by atoms with Gasteiger partial charge in [-0.15, -0.1) is 0 Å². The van der Waals surface area contributed by atoms with Gasteiger partial charge in [0.1, 0.15) is 5.75 Å². The third kappa shape index (κ3) is 8.11. The molecule has 0 heterocycles. The third-order valence-electron chi connectivity index (χ3n) is 5.95. The second kappa shape index (κ2) is 12.8. The molecule has 200 valence electrons. The number of carbonyl (C=O) groups excluding carboxylic acids is 3. The molecule has 0 aromatic heterocycles. The van der Waals surface area contributed by atoms with Crippen LogP contribution in [-0.2, 0) is 15.7 Å². The van der Waals surface area contributed by atoms with Gasteiger partial charge in [-0.25, -0.2) is 0 Å². The smallest absolute Gasteiger partial charge is 0.416 e. The molecule has 37 heavy (non-hydrogen) atoms. The lowest BCUT2D eigenvalue weighted by molar-refractivity contribution is -0.149. The number of hydrogen-bond acceptors (Lipinski definition) is 5. The van der Waals surface area contributed by atoms with Gasteiger partial charge in [0, 0.05) is 18.7 Å². The zero-order chi connectivity index (χ0) is 27.0. The maximum atomic E-state index is 12.6. The molecule has 0 bridgehead atoms. The number of ether oxygens (including phenoxy) is 2. The fourth-order valence-corrected chi connectivity index (χ4v) is 4.24. The van der Waals surface area contributed by atoms with Crippen LogP contribution < -0.4 is 15.4 Å². The molecule has 2 aromatic carbocycles. The lowest BCUT2D eigenvalue weighted by Gasteiger charge is -2.27. The normalized spacial score (nSPS) is 17.5. The summed E-state index contributed by atoms with van der Waals surface area (Å²) in [6.45, 7) is 2.30. The molecule has 2 amide bonds. The number of halogens is 4. The van der Waals surface area contributed by atoms with Gasteiger partial charge in [0.25, 0.3) is 11.8 Å². The standard InChI is InChI=1S/C26H28ClF3N2O5/c1-2-36-25(35)17-5-9-19(10-6-17)37-20-11-12-21(22(27)15-20)24(34)32-14-13-31-23(33)16-3-7-18(8-4-16)26(28,29)30/h3-4,7-8,11-12,15,17,19H,2,5-6,9-10,13-14H2,1H3,(H,31,33)(H,32,34)/t17-,19+. The minimum Gasteiger partial charge on any atom is -0.490 e. The van der Waals surface area contributed by atoms with E-state index in [1.165, 1.54) is 6.07 Å². The number of hydrogen-bond donors (Lipinski definition) is 2. The van der Waals surface area contributed by atoms with Crippen LogP contribution in [0.5, 0.6) is 5.75 Å². The van der Waals surface area contributed by atoms with Crippen LogP contribution in [0.4, 0.5) is 13.2 Å². The summed E-state index contributed by atoms with van der Waals surface area (Å²) in [4.78, 5) is 36.4. The first kappa shape index (κ1) is 28.3. The Kier molecular flexibility index (Phi) is 9.79. The Bertz CT molecular complexity index is 1100. The second-order valence-corrected chi connectivity index (χ2v) is 8.98. The highest BCUT2D eigenvalue weighted by molar-refractivity contribution is 6.34. The van der Waals surface area contributed by atoms with Crippen molar-refractivity contribution in [2.75, 3.05) is 19.7 Å². The molecule has 2 N–H and O–H groups in total. The lowest BCUT2D eigenvalue weighted by Crippen LogP contribution is -2.34. The molecule has 2 aromatic rings. The molecule has 0 atom stereocenters. The Labute approximate surface area is 217 Å². The van der Waals surface area contributed by atoms with E-state index in [2.05, 4.69) is 10.6 Å². The molecule has 7 nitrogen and oxygen atoms in total. The highest BCUT2D eigenvalue weighted by Crippen LogP contribution is 2.31. The van der Waals surface area contributed by atoms with Crippen LogP contribution in [0.1, 0.15) is 58.9 Å². The molecule has 0 spiro atoms. The van der Waals surface area contributed by atoms with Crippen molar-refractivity contribution in [2.24, 2.45) is 5.92 Å². The van der Waals surface area contributed by atoms with Gasteiger partial charge in [-0.1, -0.05) is 11.6 Å². The quantitative estimate of drug-likeness (QED) is 0.344. The Morgan fingerprint density at radius 2 is 1.57 bits per heavy atom. The Balaban J connectivity index is 1.42. The van der Waals surface area contributed by atoms with E-state index in [-0.39, 0.29) is 47.2 Å². The van der Waals surface area contributed by atoms with Crippen molar-refractivity contribution in [2.45, 2.75) is 44.9 Å². The summed E-state index contributed by atoms with van der Waals surface area (Å²) in [6.07, 6.45) is -1.74. The first-order valence-corrected chi connectivity index (χ1v) is 12.3. The molecule has 1 aliphatic rings. The lowest BCUT2D eigenvalue weighted by atomic mass is 9.87. The Hall–Kier alpha value is -3.27. The maximum Gasteiger partial charge on any atom is 0.416 e. The van der Waals surface area contributed by atoms with Crippen LogP contribution >= 0.6 is 11.6 Å². The molecule has 0 aliphatic heterocycles. The predicted molar refractivity (Wildman–Crippen MR) is 131 cm³/mol. The van der Waals surface area contributed by atoms with Gasteiger partial charge in [-0.2, -0.15) is 13.2 Å². The van der Waals surface area contributed by atoms with Gasteiger partial charge >= 0.3 is 12.1 Å². The van der Waals surface area contributed by atoms with Crippen LogP contribution in [0.2, 0.25) is 5.02 Å². The SMILES string of the molecule is CCOC(=O)[C@H]1CC[C@@H](Oc2ccc(C(=O)NCCNC(=O)c3ccc(C(F)(F)F)cc3)c(Cl)c2)CC1. The van der Waals surface area contributed by atoms with Crippen molar-refractivity contribution >= 4 is 29.4 Å². The van der Waals surface area contributed by atoms with E-state index in [4.69, 9.17) is 21.1 Å². The van der Waals surface area contributed by atoms with E-state index >= 15 is 0 Å². The Morgan fingerprint density at radius 3 is 2.14 bits per heavy atom. The molecular weight excluding hydrogens is 513 g/mol. The van der Waals surface area contributed by atoms with Gasteiger partial charge in [0.05, 0.1) is 34.8 Å². The summed E-state index contributed by atoms with van der Waals surface area (Å²) < 4.78 is 48.9. The number of carbonyl (C=O) groups is 3. The largest absolute Gasteiger partial charge is 0.490 e. The number of nitrogens with one attached hydrogen (secondary N) is 2. The topological polar surface area (TPSA) is 93.7 Å². The summed E-state index contributed by atoms with van der Waals surface area (Å²) in [5.74, 6) is -0.758. The first-order chi connectivity index (χ1) is 17.6. The Morgan fingerprint density at radius 1 is 0.946 bits per heavy atom. The van der Waals surface area contributed by atoms with Crippen molar-refractivity contribution in [3.8, 4) is 5.75 Å². The maximum absolute atomic E-state index is 12.6. The van der Waals surface area contributed by atoms with E-state index in [1.807, 2.05) is 0 Å². The molecule has 1 aliphatic carbocycles.